The summed E-state index contributed by atoms with van der Waals surface area (Å²) in [5.41, 5.74) is -0.440. The molecule has 1 saturated carbocycles. The maximum atomic E-state index is 16.8. The molecule has 0 amide bonds. The van der Waals surface area contributed by atoms with Crippen LogP contribution in [0.2, 0.25) is 0 Å². The Morgan fingerprint density at radius 1 is 1.07 bits per heavy atom. The number of pyridine rings is 1. The highest BCUT2D eigenvalue weighted by atomic mass is 19.1. The summed E-state index contributed by atoms with van der Waals surface area (Å²) in [5.74, 6) is 1.26. The maximum absolute atomic E-state index is 16.8. The van der Waals surface area contributed by atoms with Crippen LogP contribution >= 0.6 is 0 Å². The smallest absolute Gasteiger partial charge is 0.319 e. The number of benzene rings is 2. The minimum absolute atomic E-state index is 0.0161. The van der Waals surface area contributed by atoms with Crippen LogP contribution in [-0.2, 0) is 0 Å². The third-order valence-corrected chi connectivity index (χ3v) is 10.8. The van der Waals surface area contributed by atoms with Gasteiger partial charge in [-0.1, -0.05) is 12.0 Å². The van der Waals surface area contributed by atoms with E-state index in [1.807, 2.05) is 0 Å². The molecule has 2 atom stereocenters. The van der Waals surface area contributed by atoms with Gasteiger partial charge < -0.3 is 19.8 Å². The Kier molecular flexibility index (Phi) is 6.82. The van der Waals surface area contributed by atoms with Gasteiger partial charge in [0.05, 0.1) is 22.6 Å². The number of hydrogen-bond acceptors (Lipinski definition) is 8. The van der Waals surface area contributed by atoms with Gasteiger partial charge in [0, 0.05) is 43.2 Å². The molecule has 4 aromatic rings. The van der Waals surface area contributed by atoms with Gasteiger partial charge in [0.2, 0.25) is 0 Å². The average Bonchev–Trinajstić information content (AvgIpc) is 3.55. The molecule has 11 heteroatoms. The first-order chi connectivity index (χ1) is 22.2. The normalized spacial score (nSPS) is 24.4. The first-order valence-electron chi connectivity index (χ1n) is 15.9. The second-order valence-corrected chi connectivity index (χ2v) is 13.6. The molecule has 3 saturated heterocycles. The van der Waals surface area contributed by atoms with E-state index in [2.05, 4.69) is 25.7 Å². The van der Waals surface area contributed by atoms with Crippen molar-refractivity contribution in [1.82, 2.24) is 19.9 Å². The lowest BCUT2D eigenvalue weighted by molar-refractivity contribution is -0.0464. The van der Waals surface area contributed by atoms with Crippen molar-refractivity contribution in [2.45, 2.75) is 62.8 Å². The summed E-state index contributed by atoms with van der Waals surface area (Å²) < 4.78 is 52.3. The Morgan fingerprint density at radius 2 is 1.87 bits per heavy atom. The third kappa shape index (κ3) is 4.64. The molecule has 4 aliphatic rings. The molecule has 238 valence electrons. The fourth-order valence-electron chi connectivity index (χ4n) is 8.46. The number of aliphatic hydroxyl groups is 1. The Morgan fingerprint density at radius 3 is 2.63 bits per heavy atom. The molecule has 8 nitrogen and oxygen atoms in total. The van der Waals surface area contributed by atoms with Crippen LogP contribution in [0, 0.1) is 29.4 Å². The zero-order valence-corrected chi connectivity index (χ0v) is 25.3. The number of nitrogens with zero attached hydrogens (tertiary/aromatic N) is 5. The number of aromatic hydroxyl groups is 1. The van der Waals surface area contributed by atoms with Crippen molar-refractivity contribution < 1.29 is 28.1 Å². The number of ether oxygens (including phenoxy) is 1. The fourth-order valence-corrected chi connectivity index (χ4v) is 8.46. The van der Waals surface area contributed by atoms with Crippen molar-refractivity contribution in [3.63, 3.8) is 0 Å². The molecule has 2 N–H and O–H groups in total. The predicted octanol–water partition coefficient (Wildman–Crippen LogP) is 5.51. The Balaban J connectivity index is 1.24. The van der Waals surface area contributed by atoms with Gasteiger partial charge in [-0.05, 0) is 74.1 Å². The lowest BCUT2D eigenvalue weighted by Crippen LogP contribution is -2.49. The summed E-state index contributed by atoms with van der Waals surface area (Å²) in [6.07, 6.45) is 11.4. The third-order valence-electron chi connectivity index (χ3n) is 10.8. The molecule has 1 spiro atoms. The summed E-state index contributed by atoms with van der Waals surface area (Å²) in [5, 5.41) is 21.6. The van der Waals surface area contributed by atoms with E-state index in [0.717, 1.165) is 45.1 Å². The van der Waals surface area contributed by atoms with Crippen LogP contribution in [0.4, 0.5) is 19.0 Å². The number of terminal acetylenes is 1. The summed E-state index contributed by atoms with van der Waals surface area (Å²) >= 11 is 0. The van der Waals surface area contributed by atoms with Crippen LogP contribution in [0.15, 0.2) is 30.5 Å². The molecule has 2 aromatic carbocycles. The number of piperidine rings is 1. The van der Waals surface area contributed by atoms with Gasteiger partial charge in [-0.15, -0.1) is 6.42 Å². The lowest BCUT2D eigenvalue weighted by atomic mass is 9.61. The van der Waals surface area contributed by atoms with Gasteiger partial charge in [-0.25, -0.2) is 13.2 Å². The van der Waals surface area contributed by atoms with Crippen molar-refractivity contribution in [1.29, 1.82) is 0 Å². The summed E-state index contributed by atoms with van der Waals surface area (Å²) in [6.45, 7) is 2.68. The van der Waals surface area contributed by atoms with E-state index in [4.69, 9.17) is 16.1 Å². The van der Waals surface area contributed by atoms with Crippen LogP contribution < -0.4 is 9.64 Å². The quantitative estimate of drug-likeness (QED) is 0.280. The Labute approximate surface area is 264 Å². The van der Waals surface area contributed by atoms with Gasteiger partial charge in [0.25, 0.3) is 0 Å². The first-order valence-corrected chi connectivity index (χ1v) is 15.9. The number of fused-ring (bicyclic) bond motifs is 3. The molecule has 0 radical (unpaired) electrons. The average molecular weight is 630 g/mol. The largest absolute Gasteiger partial charge is 0.508 e. The number of anilines is 1. The number of rotatable bonds is 5. The highest BCUT2D eigenvalue weighted by Crippen LogP contribution is 2.50. The second kappa shape index (κ2) is 10.7. The van der Waals surface area contributed by atoms with Crippen molar-refractivity contribution in [3.05, 3.63) is 47.7 Å². The molecule has 46 heavy (non-hydrogen) atoms. The van der Waals surface area contributed by atoms with Crippen LogP contribution in [0.3, 0.4) is 0 Å². The van der Waals surface area contributed by atoms with Gasteiger partial charge in [0.15, 0.2) is 5.82 Å². The molecule has 4 fully saturated rings. The van der Waals surface area contributed by atoms with E-state index >= 15 is 4.39 Å². The van der Waals surface area contributed by atoms with Crippen molar-refractivity contribution >= 4 is 27.5 Å². The van der Waals surface area contributed by atoms with E-state index in [-0.39, 0.29) is 57.6 Å². The molecular formula is C35H34F3N5O3. The van der Waals surface area contributed by atoms with Crippen LogP contribution in [0.5, 0.6) is 11.8 Å². The molecule has 0 bridgehead atoms. The monoisotopic (exact) mass is 629 g/mol. The van der Waals surface area contributed by atoms with Gasteiger partial charge in [-0.3, -0.25) is 9.88 Å². The number of hydrogen-bond donors (Lipinski definition) is 2. The molecule has 8 rings (SSSR count). The van der Waals surface area contributed by atoms with E-state index in [0.29, 0.717) is 42.6 Å². The van der Waals surface area contributed by atoms with E-state index in [1.54, 1.807) is 0 Å². The molecule has 2 unspecified atom stereocenters. The Bertz CT molecular complexity index is 1920. The van der Waals surface area contributed by atoms with Crippen molar-refractivity contribution in [2.75, 3.05) is 37.7 Å². The zero-order chi connectivity index (χ0) is 31.8. The standard InChI is InChI=1S/C35H34F3N5O3/c1-2-24-27(37)5-4-20-12-22(44)13-25(28(20)24)30-29(38)31-26(17-39-30)32(42-10-7-34(8-11-42)15-23(45)16-34)41-33(40-31)46-19-35-6-3-9-43(35)18-21(36)14-35/h1,4-5,12-13,17,21,23,44-45H,3,6-11,14-16,18-19H2. The van der Waals surface area contributed by atoms with Gasteiger partial charge >= 0.3 is 6.01 Å². The summed E-state index contributed by atoms with van der Waals surface area (Å²) in [4.78, 5) is 18.0. The topological polar surface area (TPSA) is 94.8 Å². The number of halogens is 3. The molecular weight excluding hydrogens is 595 g/mol. The number of phenolic OH excluding ortho intramolecular Hbond substituents is 1. The van der Waals surface area contributed by atoms with Crippen molar-refractivity contribution in [2.24, 2.45) is 5.41 Å². The van der Waals surface area contributed by atoms with Gasteiger partial charge in [0.1, 0.15) is 41.4 Å². The molecule has 2 aromatic heterocycles. The van der Waals surface area contributed by atoms with Gasteiger partial charge in [-0.2, -0.15) is 9.97 Å². The second-order valence-electron chi connectivity index (χ2n) is 13.6. The van der Waals surface area contributed by atoms with E-state index in [9.17, 15) is 19.0 Å². The Hall–Kier alpha value is -4.14. The number of aliphatic hydroxyl groups excluding tert-OH is 1. The zero-order valence-electron chi connectivity index (χ0n) is 25.3. The SMILES string of the molecule is C#Cc1c(F)ccc2cc(O)cc(-c3ncc4c(N5CCC6(CC5)CC(O)C6)nc(OCC56CCCN5CC(F)C6)nc4c3F)c12. The van der Waals surface area contributed by atoms with Crippen molar-refractivity contribution in [3.8, 4) is 35.4 Å². The number of alkyl halides is 1. The molecule has 1 aliphatic carbocycles. The summed E-state index contributed by atoms with van der Waals surface area (Å²) in [6, 6.07) is 5.42. The van der Waals surface area contributed by atoms with Crippen LogP contribution in [0.25, 0.3) is 32.9 Å². The maximum Gasteiger partial charge on any atom is 0.319 e. The summed E-state index contributed by atoms with van der Waals surface area (Å²) in [7, 11) is 0. The fraction of sp³-hybridized carbons (Fsp3) is 0.457. The number of phenols is 1. The van der Waals surface area contributed by atoms with E-state index < -0.39 is 23.3 Å². The first kappa shape index (κ1) is 29.3. The molecule has 5 heterocycles. The van der Waals surface area contributed by atoms with Crippen LogP contribution in [0.1, 0.15) is 50.5 Å². The minimum atomic E-state index is -0.927. The van der Waals surface area contributed by atoms with Crippen LogP contribution in [-0.4, -0.2) is 80.7 Å². The number of aromatic nitrogens is 3. The molecule has 3 aliphatic heterocycles. The highest BCUT2D eigenvalue weighted by Gasteiger charge is 2.49. The minimum Gasteiger partial charge on any atom is -0.508 e. The van der Waals surface area contributed by atoms with E-state index in [1.165, 1.54) is 30.5 Å². The lowest BCUT2D eigenvalue weighted by Gasteiger charge is -2.50. The predicted molar refractivity (Wildman–Crippen MR) is 167 cm³/mol. The highest BCUT2D eigenvalue weighted by molar-refractivity contribution is 6.03.